The molecule has 4 nitrogen and oxygen atoms in total. The van der Waals surface area contributed by atoms with Crippen LogP contribution in [-0.4, -0.2) is 24.9 Å². The molecule has 1 aliphatic heterocycles. The van der Waals surface area contributed by atoms with Gasteiger partial charge in [-0.25, -0.2) is 0 Å². The van der Waals surface area contributed by atoms with Gasteiger partial charge in [-0.1, -0.05) is 30.3 Å². The number of nitrogens with two attached hydrogens (primary N) is 2. The molecule has 21 heavy (non-hydrogen) atoms. The third kappa shape index (κ3) is 3.21. The fourth-order valence-corrected chi connectivity index (χ4v) is 2.28. The lowest BCUT2D eigenvalue weighted by atomic mass is 9.77. The molecule has 1 saturated heterocycles. The minimum atomic E-state index is -0.411. The van der Waals surface area contributed by atoms with Crippen molar-refractivity contribution in [2.75, 3.05) is 6.54 Å². The molecule has 2 rings (SSSR count). The van der Waals surface area contributed by atoms with Crippen LogP contribution in [0, 0.1) is 0 Å². The highest BCUT2D eigenvalue weighted by Crippen LogP contribution is 2.38. The van der Waals surface area contributed by atoms with E-state index in [9.17, 15) is 0 Å². The lowest BCUT2D eigenvalue weighted by Crippen LogP contribution is -2.41. The fraction of sp³-hybridized carbons (Fsp3) is 0.500. The zero-order chi connectivity index (χ0) is 15.7. The molecule has 4 N–H and O–H groups in total. The Morgan fingerprint density at radius 1 is 1.10 bits per heavy atom. The molecule has 0 saturated carbocycles. The van der Waals surface area contributed by atoms with Crippen LogP contribution in [0.1, 0.15) is 38.8 Å². The van der Waals surface area contributed by atoms with Crippen molar-refractivity contribution in [1.82, 2.24) is 0 Å². The number of hydrogen-bond donors (Lipinski definition) is 2. The molecule has 0 amide bonds. The molecule has 0 spiro atoms. The molecule has 1 fully saturated rings. The molecule has 1 aromatic rings. The molecule has 0 aliphatic carbocycles. The SMILES string of the molecule is CC1(C)OB(C(=Cc2ccccc2CN)CN)OC1(C)C. The predicted octanol–water partition coefficient (Wildman–Crippen LogP) is 2.12. The van der Waals surface area contributed by atoms with Crippen LogP contribution in [0.5, 0.6) is 0 Å². The Labute approximate surface area is 127 Å². The quantitative estimate of drug-likeness (QED) is 0.833. The van der Waals surface area contributed by atoms with Gasteiger partial charge in [-0.05, 0) is 44.3 Å². The van der Waals surface area contributed by atoms with Gasteiger partial charge >= 0.3 is 7.12 Å². The average Bonchev–Trinajstić information content (AvgIpc) is 2.65. The fourth-order valence-electron chi connectivity index (χ4n) is 2.28. The lowest BCUT2D eigenvalue weighted by molar-refractivity contribution is 0.00578. The molecule has 0 radical (unpaired) electrons. The molecule has 1 heterocycles. The Balaban J connectivity index is 2.31. The van der Waals surface area contributed by atoms with E-state index < -0.39 is 7.12 Å². The molecule has 0 aromatic heterocycles. The highest BCUT2D eigenvalue weighted by atomic mass is 16.7. The third-order valence-electron chi connectivity index (χ3n) is 4.41. The van der Waals surface area contributed by atoms with Crippen molar-refractivity contribution in [3.8, 4) is 0 Å². The highest BCUT2D eigenvalue weighted by molar-refractivity contribution is 6.55. The van der Waals surface area contributed by atoms with E-state index in [-0.39, 0.29) is 11.2 Å². The smallest absolute Gasteiger partial charge is 0.400 e. The van der Waals surface area contributed by atoms with Crippen molar-refractivity contribution in [3.63, 3.8) is 0 Å². The predicted molar refractivity (Wildman–Crippen MR) is 87.4 cm³/mol. The van der Waals surface area contributed by atoms with Crippen LogP contribution >= 0.6 is 0 Å². The molecule has 0 atom stereocenters. The molecule has 1 aromatic carbocycles. The van der Waals surface area contributed by atoms with Gasteiger partial charge in [-0.15, -0.1) is 0 Å². The first-order valence-corrected chi connectivity index (χ1v) is 7.35. The Morgan fingerprint density at radius 2 is 1.67 bits per heavy atom. The summed E-state index contributed by atoms with van der Waals surface area (Å²) in [5.41, 5.74) is 14.0. The number of hydrogen-bond acceptors (Lipinski definition) is 4. The first-order chi connectivity index (χ1) is 9.80. The second-order valence-electron chi connectivity index (χ2n) is 6.41. The number of benzene rings is 1. The highest BCUT2D eigenvalue weighted by Gasteiger charge is 2.52. The summed E-state index contributed by atoms with van der Waals surface area (Å²) in [6, 6.07) is 8.02. The molecule has 114 valence electrons. The van der Waals surface area contributed by atoms with E-state index in [4.69, 9.17) is 20.8 Å². The van der Waals surface area contributed by atoms with Crippen LogP contribution in [0.15, 0.2) is 29.7 Å². The number of rotatable bonds is 4. The summed E-state index contributed by atoms with van der Waals surface area (Å²) in [6.07, 6.45) is 2.03. The normalized spacial score (nSPS) is 20.9. The van der Waals surface area contributed by atoms with E-state index in [2.05, 4.69) is 0 Å². The van der Waals surface area contributed by atoms with Crippen molar-refractivity contribution in [2.24, 2.45) is 11.5 Å². The summed E-state index contributed by atoms with van der Waals surface area (Å²) in [7, 11) is -0.411. The van der Waals surface area contributed by atoms with Gasteiger partial charge in [0.25, 0.3) is 0 Å². The Kier molecular flexibility index (Phi) is 4.59. The summed E-state index contributed by atoms with van der Waals surface area (Å²) >= 11 is 0. The minimum Gasteiger partial charge on any atom is -0.400 e. The van der Waals surface area contributed by atoms with E-state index >= 15 is 0 Å². The second kappa shape index (κ2) is 5.93. The summed E-state index contributed by atoms with van der Waals surface area (Å²) in [4.78, 5) is 0. The summed E-state index contributed by atoms with van der Waals surface area (Å²) in [6.45, 7) is 9.03. The second-order valence-corrected chi connectivity index (χ2v) is 6.41. The van der Waals surface area contributed by atoms with E-state index in [1.54, 1.807) is 0 Å². The molecular formula is C16H25BN2O2. The van der Waals surface area contributed by atoms with Gasteiger partial charge < -0.3 is 20.8 Å². The van der Waals surface area contributed by atoms with Crippen LogP contribution < -0.4 is 11.5 Å². The van der Waals surface area contributed by atoms with Crippen LogP contribution in [0.2, 0.25) is 0 Å². The maximum Gasteiger partial charge on any atom is 0.491 e. The largest absolute Gasteiger partial charge is 0.491 e. The first-order valence-electron chi connectivity index (χ1n) is 7.35. The Bertz CT molecular complexity index is 525. The van der Waals surface area contributed by atoms with E-state index in [0.717, 1.165) is 16.6 Å². The van der Waals surface area contributed by atoms with Gasteiger partial charge in [-0.3, -0.25) is 0 Å². The van der Waals surface area contributed by atoms with Crippen LogP contribution in [0.3, 0.4) is 0 Å². The lowest BCUT2D eigenvalue weighted by Gasteiger charge is -2.32. The summed E-state index contributed by atoms with van der Waals surface area (Å²) < 4.78 is 12.1. The third-order valence-corrected chi connectivity index (χ3v) is 4.41. The minimum absolute atomic E-state index is 0.362. The van der Waals surface area contributed by atoms with Gasteiger partial charge in [-0.2, -0.15) is 0 Å². The van der Waals surface area contributed by atoms with Crippen molar-refractivity contribution >= 4 is 13.2 Å². The van der Waals surface area contributed by atoms with E-state index in [0.29, 0.717) is 13.1 Å². The van der Waals surface area contributed by atoms with Crippen LogP contribution in [0.25, 0.3) is 6.08 Å². The molecule has 1 aliphatic rings. The average molecular weight is 288 g/mol. The molecule has 5 heteroatoms. The Hall–Kier alpha value is -1.14. The van der Waals surface area contributed by atoms with Crippen molar-refractivity contribution in [2.45, 2.75) is 45.4 Å². The Morgan fingerprint density at radius 3 is 2.19 bits per heavy atom. The first kappa shape index (κ1) is 16.2. The van der Waals surface area contributed by atoms with Crippen LogP contribution in [0.4, 0.5) is 0 Å². The van der Waals surface area contributed by atoms with Crippen molar-refractivity contribution in [3.05, 3.63) is 40.9 Å². The van der Waals surface area contributed by atoms with Gasteiger partial charge in [0.15, 0.2) is 0 Å². The van der Waals surface area contributed by atoms with Gasteiger partial charge in [0, 0.05) is 13.1 Å². The van der Waals surface area contributed by atoms with E-state index in [1.807, 2.05) is 58.0 Å². The van der Waals surface area contributed by atoms with Crippen molar-refractivity contribution < 1.29 is 9.31 Å². The summed E-state index contributed by atoms with van der Waals surface area (Å²) in [5.74, 6) is 0. The van der Waals surface area contributed by atoms with Gasteiger partial charge in [0.05, 0.1) is 11.2 Å². The zero-order valence-electron chi connectivity index (χ0n) is 13.3. The maximum atomic E-state index is 6.06. The summed E-state index contributed by atoms with van der Waals surface area (Å²) in [5, 5.41) is 0. The van der Waals surface area contributed by atoms with Crippen LogP contribution in [-0.2, 0) is 15.9 Å². The van der Waals surface area contributed by atoms with E-state index in [1.165, 1.54) is 0 Å². The maximum absolute atomic E-state index is 6.06. The molecule has 0 bridgehead atoms. The zero-order valence-corrected chi connectivity index (χ0v) is 13.3. The van der Waals surface area contributed by atoms with Gasteiger partial charge in [0.2, 0.25) is 0 Å². The topological polar surface area (TPSA) is 70.5 Å². The van der Waals surface area contributed by atoms with Crippen molar-refractivity contribution in [1.29, 1.82) is 0 Å². The van der Waals surface area contributed by atoms with Gasteiger partial charge in [0.1, 0.15) is 0 Å². The molecule has 0 unspecified atom stereocenters. The monoisotopic (exact) mass is 288 g/mol. The standard InChI is InChI=1S/C16H25BN2O2/c1-15(2)16(3,4)21-17(20-15)14(11-19)9-12-7-5-6-8-13(12)10-18/h5-9H,10-11,18-19H2,1-4H3. The molecular weight excluding hydrogens is 263 g/mol.